The van der Waals surface area contributed by atoms with Crippen molar-refractivity contribution in [3.05, 3.63) is 65.7 Å². The number of amides is 2. The molecular formula is C21H22FN3O2. The van der Waals surface area contributed by atoms with Crippen LogP contribution in [0.3, 0.4) is 0 Å². The largest absolute Gasteiger partial charge is 0.348 e. The molecule has 2 saturated heterocycles. The molecule has 27 heavy (non-hydrogen) atoms. The minimum Gasteiger partial charge on any atom is -0.348 e. The van der Waals surface area contributed by atoms with E-state index >= 15 is 0 Å². The summed E-state index contributed by atoms with van der Waals surface area (Å²) in [5.41, 5.74) is 0.528. The predicted octanol–water partition coefficient (Wildman–Crippen LogP) is 2.89. The lowest BCUT2D eigenvalue weighted by Gasteiger charge is -2.34. The minimum absolute atomic E-state index is 0.0154. The van der Waals surface area contributed by atoms with Crippen molar-refractivity contribution in [2.24, 2.45) is 0 Å². The van der Waals surface area contributed by atoms with Crippen molar-refractivity contribution in [3.8, 4) is 0 Å². The van der Waals surface area contributed by atoms with Gasteiger partial charge >= 0.3 is 0 Å². The molecule has 2 atom stereocenters. The SMILES string of the molecule is O=C1CCCC[C@]2(CN(C(=O)c3ccccc3F)C[C@H]2c2cccnc2)N1. The van der Waals surface area contributed by atoms with Crippen LogP contribution in [0.5, 0.6) is 0 Å². The maximum Gasteiger partial charge on any atom is 0.256 e. The Labute approximate surface area is 157 Å². The van der Waals surface area contributed by atoms with Crippen molar-refractivity contribution in [1.82, 2.24) is 15.2 Å². The number of hydrogen-bond acceptors (Lipinski definition) is 3. The molecule has 0 aliphatic carbocycles. The second-order valence-electron chi connectivity index (χ2n) is 7.42. The Hall–Kier alpha value is -2.76. The van der Waals surface area contributed by atoms with Gasteiger partial charge in [0.05, 0.1) is 11.1 Å². The van der Waals surface area contributed by atoms with Crippen molar-refractivity contribution in [1.29, 1.82) is 0 Å². The van der Waals surface area contributed by atoms with Gasteiger partial charge in [-0.3, -0.25) is 14.6 Å². The van der Waals surface area contributed by atoms with Gasteiger partial charge < -0.3 is 10.2 Å². The zero-order valence-corrected chi connectivity index (χ0v) is 15.0. The molecule has 1 aromatic carbocycles. The molecule has 5 nitrogen and oxygen atoms in total. The third-order valence-corrected chi connectivity index (χ3v) is 5.69. The molecule has 2 amide bonds. The number of nitrogens with zero attached hydrogens (tertiary/aromatic N) is 2. The van der Waals surface area contributed by atoms with Crippen LogP contribution in [0.1, 0.15) is 47.5 Å². The van der Waals surface area contributed by atoms with E-state index in [2.05, 4.69) is 10.3 Å². The first-order valence-electron chi connectivity index (χ1n) is 9.34. The fourth-order valence-electron chi connectivity index (χ4n) is 4.39. The van der Waals surface area contributed by atoms with Crippen molar-refractivity contribution < 1.29 is 14.0 Å². The maximum atomic E-state index is 14.1. The van der Waals surface area contributed by atoms with E-state index in [0.29, 0.717) is 19.5 Å². The fraction of sp³-hybridized carbons (Fsp3) is 0.381. The molecular weight excluding hydrogens is 345 g/mol. The summed E-state index contributed by atoms with van der Waals surface area (Å²) in [6.07, 6.45) is 6.55. The number of carbonyl (C=O) groups excluding carboxylic acids is 2. The molecule has 1 N–H and O–H groups in total. The van der Waals surface area contributed by atoms with Crippen LogP contribution in [-0.2, 0) is 4.79 Å². The second kappa shape index (κ2) is 7.10. The Morgan fingerprint density at radius 1 is 1.22 bits per heavy atom. The van der Waals surface area contributed by atoms with Gasteiger partial charge in [-0.15, -0.1) is 0 Å². The van der Waals surface area contributed by atoms with E-state index < -0.39 is 11.4 Å². The maximum absolute atomic E-state index is 14.1. The highest BCUT2D eigenvalue weighted by Gasteiger charge is 2.50. The van der Waals surface area contributed by atoms with Crippen LogP contribution in [0.2, 0.25) is 0 Å². The Kier molecular flexibility index (Phi) is 4.64. The summed E-state index contributed by atoms with van der Waals surface area (Å²) < 4.78 is 14.1. The number of carbonyl (C=O) groups is 2. The van der Waals surface area contributed by atoms with Gasteiger partial charge in [0.2, 0.25) is 5.91 Å². The average molecular weight is 367 g/mol. The van der Waals surface area contributed by atoms with E-state index in [-0.39, 0.29) is 23.3 Å². The number of hydrogen-bond donors (Lipinski definition) is 1. The highest BCUT2D eigenvalue weighted by Crippen LogP contribution is 2.41. The highest BCUT2D eigenvalue weighted by molar-refractivity contribution is 5.95. The third-order valence-electron chi connectivity index (χ3n) is 5.69. The van der Waals surface area contributed by atoms with E-state index in [1.54, 1.807) is 29.4 Å². The van der Waals surface area contributed by atoms with E-state index in [0.717, 1.165) is 24.8 Å². The van der Waals surface area contributed by atoms with Crippen molar-refractivity contribution in [2.75, 3.05) is 13.1 Å². The summed E-state index contributed by atoms with van der Waals surface area (Å²) in [4.78, 5) is 31.2. The van der Waals surface area contributed by atoms with Gasteiger partial charge in [-0.2, -0.15) is 0 Å². The van der Waals surface area contributed by atoms with Crippen molar-refractivity contribution >= 4 is 11.8 Å². The summed E-state index contributed by atoms with van der Waals surface area (Å²) in [7, 11) is 0. The smallest absolute Gasteiger partial charge is 0.256 e. The summed E-state index contributed by atoms with van der Waals surface area (Å²) >= 11 is 0. The third kappa shape index (κ3) is 3.31. The zero-order valence-electron chi connectivity index (χ0n) is 15.0. The monoisotopic (exact) mass is 367 g/mol. The van der Waals surface area contributed by atoms with Crippen LogP contribution in [-0.4, -0.2) is 40.3 Å². The first kappa shape index (κ1) is 17.6. The molecule has 0 radical (unpaired) electrons. The van der Waals surface area contributed by atoms with E-state index in [4.69, 9.17) is 0 Å². The van der Waals surface area contributed by atoms with Crippen LogP contribution in [0.15, 0.2) is 48.8 Å². The standard InChI is InChI=1S/C21H22FN3O2/c22-18-8-2-1-7-16(18)20(27)25-13-17(15-6-5-11-23-12-15)21(14-25)10-4-3-9-19(26)24-21/h1-2,5-8,11-12,17H,3-4,9-10,13-14H2,(H,24,26)/t17-,21+/m0/s1. The van der Waals surface area contributed by atoms with Gasteiger partial charge in [0.25, 0.3) is 5.91 Å². The first-order chi connectivity index (χ1) is 13.1. The molecule has 3 heterocycles. The molecule has 0 unspecified atom stereocenters. The normalized spacial score (nSPS) is 25.3. The topological polar surface area (TPSA) is 62.3 Å². The molecule has 0 bridgehead atoms. The molecule has 6 heteroatoms. The summed E-state index contributed by atoms with van der Waals surface area (Å²) in [5, 5.41) is 3.20. The fourth-order valence-corrected chi connectivity index (χ4v) is 4.39. The lowest BCUT2D eigenvalue weighted by atomic mass is 9.79. The number of pyridine rings is 1. The summed E-state index contributed by atoms with van der Waals surface area (Å²) in [5.74, 6) is -0.908. The van der Waals surface area contributed by atoms with Crippen LogP contribution in [0, 0.1) is 5.82 Å². The van der Waals surface area contributed by atoms with E-state index in [1.807, 2.05) is 12.1 Å². The minimum atomic E-state index is -0.530. The molecule has 2 aliphatic rings. The molecule has 140 valence electrons. The Bertz CT molecular complexity index is 858. The number of likely N-dealkylation sites (tertiary alicyclic amines) is 1. The Morgan fingerprint density at radius 3 is 2.85 bits per heavy atom. The van der Waals surface area contributed by atoms with Gasteiger partial charge in [0.15, 0.2) is 0 Å². The van der Waals surface area contributed by atoms with Gasteiger partial charge in [-0.1, -0.05) is 24.6 Å². The van der Waals surface area contributed by atoms with Crippen LogP contribution in [0.25, 0.3) is 0 Å². The molecule has 2 aliphatic heterocycles. The highest BCUT2D eigenvalue weighted by atomic mass is 19.1. The number of nitrogens with one attached hydrogen (secondary N) is 1. The predicted molar refractivity (Wildman–Crippen MR) is 98.6 cm³/mol. The van der Waals surface area contributed by atoms with Gasteiger partial charge in [0, 0.05) is 37.8 Å². The van der Waals surface area contributed by atoms with Gasteiger partial charge in [-0.05, 0) is 36.6 Å². The molecule has 0 saturated carbocycles. The summed E-state index contributed by atoms with van der Waals surface area (Å²) in [6.45, 7) is 0.810. The molecule has 1 aromatic heterocycles. The van der Waals surface area contributed by atoms with E-state index in [1.165, 1.54) is 12.1 Å². The molecule has 1 spiro atoms. The number of benzene rings is 1. The van der Waals surface area contributed by atoms with Crippen LogP contribution in [0.4, 0.5) is 4.39 Å². The quantitative estimate of drug-likeness (QED) is 0.888. The first-order valence-corrected chi connectivity index (χ1v) is 9.34. The molecule has 2 fully saturated rings. The number of rotatable bonds is 2. The number of halogens is 1. The van der Waals surface area contributed by atoms with Crippen LogP contribution < -0.4 is 5.32 Å². The molecule has 4 rings (SSSR count). The Morgan fingerprint density at radius 2 is 2.07 bits per heavy atom. The average Bonchev–Trinajstić information content (AvgIpc) is 2.94. The van der Waals surface area contributed by atoms with Crippen molar-refractivity contribution in [3.63, 3.8) is 0 Å². The van der Waals surface area contributed by atoms with E-state index in [9.17, 15) is 14.0 Å². The lowest BCUT2D eigenvalue weighted by Crippen LogP contribution is -2.52. The zero-order chi connectivity index (χ0) is 18.9. The second-order valence-corrected chi connectivity index (χ2v) is 7.42. The van der Waals surface area contributed by atoms with Crippen molar-refractivity contribution in [2.45, 2.75) is 37.1 Å². The molecule has 2 aromatic rings. The Balaban J connectivity index is 1.70. The van der Waals surface area contributed by atoms with Gasteiger partial charge in [-0.25, -0.2) is 4.39 Å². The van der Waals surface area contributed by atoms with Gasteiger partial charge in [0.1, 0.15) is 5.82 Å². The lowest BCUT2D eigenvalue weighted by molar-refractivity contribution is -0.122. The number of aromatic nitrogens is 1. The van der Waals surface area contributed by atoms with Crippen LogP contribution >= 0.6 is 0 Å². The summed E-state index contributed by atoms with van der Waals surface area (Å²) in [6, 6.07) is 9.88.